The molecular weight excluding hydrogens is 499 g/mol. The van der Waals surface area contributed by atoms with E-state index in [1.54, 1.807) is 10.4 Å². The highest BCUT2D eigenvalue weighted by Crippen LogP contribution is 2.37. The Bertz CT molecular complexity index is 1320. The van der Waals surface area contributed by atoms with E-state index in [4.69, 9.17) is 0 Å². The van der Waals surface area contributed by atoms with Gasteiger partial charge in [0, 0.05) is 18.6 Å². The Morgan fingerprint density at radius 1 is 0.700 bits per heavy atom. The second kappa shape index (κ2) is 14.0. The number of hydrogen-bond acceptors (Lipinski definition) is 1. The standard InChI is InChI=1S/C22H26N2Si.C14H13B/c1-4-10-20(11-5-1)25(19-24-17-16-23-18-24,21-12-6-2-7-13-21)22-14-8-3-9-15-22;1-2-15(13-9-5-3-6-10-13)14-11-7-4-8-12-14/h1-2,4-7,10-13,16-18,22H,3,8-9,14-15,19H2;2-12H,1H2. The zero-order chi connectivity index (χ0) is 27.5. The third-order valence-corrected chi connectivity index (χ3v) is 14.0. The van der Waals surface area contributed by atoms with Gasteiger partial charge in [-0.25, -0.2) is 4.98 Å². The number of imidazole rings is 1. The molecule has 200 valence electrons. The molecule has 0 spiro atoms. The lowest BCUT2D eigenvalue weighted by molar-refractivity contribution is 0.491. The summed E-state index contributed by atoms with van der Waals surface area (Å²) in [6.45, 7) is 4.21. The zero-order valence-corrected chi connectivity index (χ0v) is 24.4. The van der Waals surface area contributed by atoms with Gasteiger partial charge < -0.3 is 4.57 Å². The van der Waals surface area contributed by atoms with Crippen LogP contribution in [0.1, 0.15) is 32.1 Å². The average molecular weight is 539 g/mol. The van der Waals surface area contributed by atoms with Crippen molar-refractivity contribution in [1.82, 2.24) is 9.55 Å². The van der Waals surface area contributed by atoms with Crippen molar-refractivity contribution in [2.75, 3.05) is 0 Å². The van der Waals surface area contributed by atoms with Crippen molar-refractivity contribution in [3.8, 4) is 0 Å². The highest BCUT2D eigenvalue weighted by Gasteiger charge is 2.45. The van der Waals surface area contributed by atoms with E-state index < -0.39 is 8.07 Å². The van der Waals surface area contributed by atoms with Crippen LogP contribution in [-0.2, 0) is 6.17 Å². The van der Waals surface area contributed by atoms with E-state index in [1.807, 2.05) is 30.6 Å². The van der Waals surface area contributed by atoms with E-state index in [9.17, 15) is 0 Å². The van der Waals surface area contributed by atoms with Gasteiger partial charge in [-0.1, -0.05) is 175 Å². The van der Waals surface area contributed by atoms with Gasteiger partial charge in [0.15, 0.2) is 0 Å². The minimum Gasteiger partial charge on any atom is -0.340 e. The third kappa shape index (κ3) is 6.46. The molecule has 0 aliphatic heterocycles. The van der Waals surface area contributed by atoms with Gasteiger partial charge in [-0.3, -0.25) is 0 Å². The van der Waals surface area contributed by atoms with Crippen molar-refractivity contribution in [2.45, 2.75) is 43.8 Å². The summed E-state index contributed by atoms with van der Waals surface area (Å²) in [5.41, 5.74) is 3.38. The first-order valence-corrected chi connectivity index (χ1v) is 16.9. The van der Waals surface area contributed by atoms with Gasteiger partial charge in [0.2, 0.25) is 6.71 Å². The molecule has 4 aromatic carbocycles. The van der Waals surface area contributed by atoms with Crippen LogP contribution in [0.4, 0.5) is 0 Å². The SMILES string of the molecule is C=CB(c1ccccc1)c1ccccc1.c1ccc([Si](Cn2ccnc2)(c2ccccc2)C2CCCCC2)cc1. The van der Waals surface area contributed by atoms with E-state index in [-0.39, 0.29) is 0 Å². The van der Waals surface area contributed by atoms with Crippen molar-refractivity contribution >= 4 is 36.1 Å². The molecule has 1 aromatic heterocycles. The summed E-state index contributed by atoms with van der Waals surface area (Å²) >= 11 is 0. The molecule has 2 nitrogen and oxygen atoms in total. The number of benzene rings is 4. The van der Waals surface area contributed by atoms with Crippen LogP contribution < -0.4 is 21.3 Å². The van der Waals surface area contributed by atoms with Gasteiger partial charge in [-0.2, -0.15) is 0 Å². The van der Waals surface area contributed by atoms with Gasteiger partial charge in [0.05, 0.1) is 6.33 Å². The van der Waals surface area contributed by atoms with Crippen LogP contribution in [0.2, 0.25) is 5.54 Å². The minimum absolute atomic E-state index is 0.299. The highest BCUT2D eigenvalue weighted by atomic mass is 28.3. The van der Waals surface area contributed by atoms with E-state index in [1.165, 1.54) is 43.0 Å². The predicted octanol–water partition coefficient (Wildman–Crippen LogP) is 6.04. The molecule has 0 saturated heterocycles. The maximum atomic E-state index is 4.32. The zero-order valence-electron chi connectivity index (χ0n) is 23.4. The fourth-order valence-electron chi connectivity index (χ4n) is 6.47. The van der Waals surface area contributed by atoms with Crippen molar-refractivity contribution in [3.63, 3.8) is 0 Å². The summed E-state index contributed by atoms with van der Waals surface area (Å²) in [5.74, 6) is 1.99. The van der Waals surface area contributed by atoms with Gasteiger partial charge in [-0.15, -0.1) is 12.6 Å². The average Bonchev–Trinajstić information content (AvgIpc) is 3.56. The predicted molar refractivity (Wildman–Crippen MR) is 175 cm³/mol. The third-order valence-electron chi connectivity index (χ3n) is 8.42. The molecule has 0 N–H and O–H groups in total. The van der Waals surface area contributed by atoms with Crippen LogP contribution in [0.3, 0.4) is 0 Å². The molecule has 1 fully saturated rings. The lowest BCUT2D eigenvalue weighted by Gasteiger charge is -2.42. The number of rotatable bonds is 8. The molecule has 6 rings (SSSR count). The number of hydrogen-bond donors (Lipinski definition) is 0. The Morgan fingerprint density at radius 2 is 1.18 bits per heavy atom. The minimum atomic E-state index is -1.93. The smallest absolute Gasteiger partial charge is 0.233 e. The van der Waals surface area contributed by atoms with Crippen LogP contribution >= 0.6 is 0 Å². The molecule has 1 saturated carbocycles. The first-order chi connectivity index (χ1) is 19.8. The maximum absolute atomic E-state index is 4.32. The molecule has 40 heavy (non-hydrogen) atoms. The molecule has 4 heteroatoms. The molecule has 1 aliphatic carbocycles. The van der Waals surface area contributed by atoms with Crippen LogP contribution in [0, 0.1) is 0 Å². The molecule has 0 radical (unpaired) electrons. The van der Waals surface area contributed by atoms with E-state index >= 15 is 0 Å². The van der Waals surface area contributed by atoms with Crippen LogP contribution in [0.5, 0.6) is 0 Å². The quantitative estimate of drug-likeness (QED) is 0.220. The summed E-state index contributed by atoms with van der Waals surface area (Å²) in [7, 11) is -1.93. The van der Waals surface area contributed by atoms with Crippen molar-refractivity contribution in [3.05, 3.63) is 153 Å². The Labute approximate surface area is 241 Å². The molecule has 1 aliphatic rings. The second-order valence-electron chi connectivity index (χ2n) is 10.8. The first kappa shape index (κ1) is 27.7. The van der Waals surface area contributed by atoms with E-state index in [0.717, 1.165) is 11.7 Å². The molecule has 0 unspecified atom stereocenters. The fourth-order valence-corrected chi connectivity index (χ4v) is 12.1. The topological polar surface area (TPSA) is 17.8 Å². The van der Waals surface area contributed by atoms with Crippen molar-refractivity contribution in [1.29, 1.82) is 0 Å². The van der Waals surface area contributed by atoms with E-state index in [0.29, 0.717) is 6.71 Å². The summed E-state index contributed by atoms with van der Waals surface area (Å²) in [6, 6.07) is 43.6. The van der Waals surface area contributed by atoms with Gasteiger partial charge in [0.25, 0.3) is 0 Å². The van der Waals surface area contributed by atoms with Crippen molar-refractivity contribution < 1.29 is 0 Å². The van der Waals surface area contributed by atoms with E-state index in [2.05, 4.69) is 132 Å². The number of aromatic nitrogens is 2. The van der Waals surface area contributed by atoms with Gasteiger partial charge in [0.1, 0.15) is 8.07 Å². The molecule has 0 atom stereocenters. The number of nitrogens with zero attached hydrogens (tertiary/aromatic N) is 2. The van der Waals surface area contributed by atoms with Crippen LogP contribution in [0.15, 0.2) is 153 Å². The maximum Gasteiger partial charge on any atom is 0.233 e. The fraction of sp³-hybridized carbons (Fsp3) is 0.194. The Morgan fingerprint density at radius 3 is 1.60 bits per heavy atom. The summed E-state index contributed by atoms with van der Waals surface area (Å²) < 4.78 is 2.32. The largest absolute Gasteiger partial charge is 0.340 e. The Kier molecular flexibility index (Phi) is 9.65. The lowest BCUT2D eigenvalue weighted by Crippen LogP contribution is -2.64. The lowest BCUT2D eigenvalue weighted by atomic mass is 9.41. The molecule has 0 amide bonds. The molecule has 5 aromatic rings. The summed E-state index contributed by atoms with van der Waals surface area (Å²) in [4.78, 5) is 4.32. The second-order valence-corrected chi connectivity index (χ2v) is 15.0. The molecule has 0 bridgehead atoms. The highest BCUT2D eigenvalue weighted by molar-refractivity contribution is 7.02. The Balaban J connectivity index is 0.000000184. The van der Waals surface area contributed by atoms with Gasteiger partial charge in [-0.05, 0) is 5.54 Å². The first-order valence-electron chi connectivity index (χ1n) is 14.6. The summed E-state index contributed by atoms with van der Waals surface area (Å²) in [6.07, 6.45) is 14.0. The molecular formula is C36H39BN2Si. The van der Waals surface area contributed by atoms with Crippen LogP contribution in [-0.4, -0.2) is 24.3 Å². The Hall–Kier alpha value is -3.89. The van der Waals surface area contributed by atoms with Crippen LogP contribution in [0.25, 0.3) is 0 Å². The normalized spacial score (nSPS) is 13.6. The summed E-state index contributed by atoms with van der Waals surface area (Å²) in [5, 5.41) is 3.14. The molecule has 1 heterocycles. The van der Waals surface area contributed by atoms with Crippen molar-refractivity contribution in [2.24, 2.45) is 0 Å². The van der Waals surface area contributed by atoms with Gasteiger partial charge >= 0.3 is 0 Å². The monoisotopic (exact) mass is 538 g/mol.